The lowest BCUT2D eigenvalue weighted by Gasteiger charge is -2.34. The molecule has 0 saturated carbocycles. The van der Waals surface area contributed by atoms with Crippen molar-refractivity contribution in [3.63, 3.8) is 0 Å². The number of hydrogen-bond acceptors (Lipinski definition) is 4. The monoisotopic (exact) mass is 162 g/mol. The molecular formula is C7H14O4. The fourth-order valence-corrected chi connectivity index (χ4v) is 1.23. The largest absolute Gasteiger partial charge is 0.388 e. The van der Waals surface area contributed by atoms with Crippen LogP contribution in [0.15, 0.2) is 0 Å². The third-order valence-corrected chi connectivity index (χ3v) is 1.98. The highest BCUT2D eigenvalue weighted by Gasteiger charge is 2.33. The van der Waals surface area contributed by atoms with E-state index in [2.05, 4.69) is 0 Å². The van der Waals surface area contributed by atoms with Crippen LogP contribution in [0.1, 0.15) is 13.3 Å². The second-order valence-corrected chi connectivity index (χ2v) is 2.81. The molecule has 0 spiro atoms. The Morgan fingerprint density at radius 2 is 2.09 bits per heavy atom. The van der Waals surface area contributed by atoms with E-state index in [4.69, 9.17) is 19.7 Å². The maximum Gasteiger partial charge on any atom is 0.181 e. The van der Waals surface area contributed by atoms with Gasteiger partial charge in [-0.25, -0.2) is 0 Å². The topological polar surface area (TPSA) is 58.9 Å². The Morgan fingerprint density at radius 1 is 1.45 bits per heavy atom. The van der Waals surface area contributed by atoms with Gasteiger partial charge in [0.1, 0.15) is 6.10 Å². The van der Waals surface area contributed by atoms with Gasteiger partial charge in [0.05, 0.1) is 12.2 Å². The van der Waals surface area contributed by atoms with Gasteiger partial charge in [0, 0.05) is 13.5 Å². The normalized spacial score (nSPS) is 45.8. The van der Waals surface area contributed by atoms with E-state index in [1.807, 2.05) is 6.92 Å². The highest BCUT2D eigenvalue weighted by atomic mass is 16.6. The van der Waals surface area contributed by atoms with Gasteiger partial charge in [-0.15, -0.1) is 0 Å². The van der Waals surface area contributed by atoms with Gasteiger partial charge < -0.3 is 19.7 Å². The highest BCUT2D eigenvalue weighted by molar-refractivity contribution is 4.78. The molecule has 0 amide bonds. The molecule has 1 aliphatic rings. The second kappa shape index (κ2) is 3.49. The summed E-state index contributed by atoms with van der Waals surface area (Å²) in [6.45, 7) is 1.81. The highest BCUT2D eigenvalue weighted by Crippen LogP contribution is 2.20. The van der Waals surface area contributed by atoms with Crippen LogP contribution >= 0.6 is 0 Å². The smallest absolute Gasteiger partial charge is 0.181 e. The molecule has 4 unspecified atom stereocenters. The zero-order valence-electron chi connectivity index (χ0n) is 6.73. The molecule has 0 radical (unpaired) electrons. The van der Waals surface area contributed by atoms with E-state index in [9.17, 15) is 0 Å². The summed E-state index contributed by atoms with van der Waals surface area (Å²) in [5.41, 5.74) is 0. The van der Waals surface area contributed by atoms with Crippen LogP contribution in [0.4, 0.5) is 0 Å². The Morgan fingerprint density at radius 3 is 2.64 bits per heavy atom. The number of rotatable bonds is 1. The summed E-state index contributed by atoms with van der Waals surface area (Å²) in [6.07, 6.45) is -1.72. The lowest BCUT2D eigenvalue weighted by atomic mass is 10.0. The second-order valence-electron chi connectivity index (χ2n) is 2.81. The molecule has 0 aliphatic carbocycles. The molecule has 0 bridgehead atoms. The molecule has 11 heavy (non-hydrogen) atoms. The molecule has 0 aromatic carbocycles. The maximum absolute atomic E-state index is 9.14. The third-order valence-electron chi connectivity index (χ3n) is 1.98. The van der Waals surface area contributed by atoms with Gasteiger partial charge in [0.2, 0.25) is 0 Å². The standard InChI is InChI=1S/C7H14O4/c1-4-6(10-2)3-5(8)7(9)11-4/h4-9H,3H2,1-2H3. The molecule has 1 heterocycles. The first-order chi connectivity index (χ1) is 5.15. The van der Waals surface area contributed by atoms with Gasteiger partial charge in [-0.1, -0.05) is 0 Å². The number of methoxy groups -OCH3 is 1. The molecule has 1 rings (SSSR count). The Labute approximate surface area is 65.7 Å². The van der Waals surface area contributed by atoms with Crippen LogP contribution in [0.5, 0.6) is 0 Å². The van der Waals surface area contributed by atoms with E-state index >= 15 is 0 Å². The Hall–Kier alpha value is -0.160. The Bertz CT molecular complexity index is 128. The molecule has 0 aromatic heterocycles. The van der Waals surface area contributed by atoms with E-state index in [0.717, 1.165) is 0 Å². The number of aliphatic hydroxyl groups excluding tert-OH is 2. The van der Waals surface area contributed by atoms with Crippen LogP contribution in [0.2, 0.25) is 0 Å². The molecule has 66 valence electrons. The van der Waals surface area contributed by atoms with Gasteiger partial charge in [-0.3, -0.25) is 0 Å². The van der Waals surface area contributed by atoms with E-state index in [1.165, 1.54) is 0 Å². The molecular weight excluding hydrogens is 148 g/mol. The summed E-state index contributed by atoms with van der Waals surface area (Å²) in [7, 11) is 1.56. The summed E-state index contributed by atoms with van der Waals surface area (Å²) < 4.78 is 10.0. The van der Waals surface area contributed by atoms with E-state index in [-0.39, 0.29) is 12.2 Å². The number of ether oxygens (including phenoxy) is 2. The first-order valence-electron chi connectivity index (χ1n) is 3.69. The van der Waals surface area contributed by atoms with Gasteiger partial charge in [-0.05, 0) is 6.92 Å². The molecule has 1 aliphatic heterocycles. The number of hydrogen-bond donors (Lipinski definition) is 2. The summed E-state index contributed by atoms with van der Waals surface area (Å²) in [6, 6.07) is 0. The van der Waals surface area contributed by atoms with Gasteiger partial charge in [0.15, 0.2) is 6.29 Å². The summed E-state index contributed by atoms with van der Waals surface area (Å²) in [4.78, 5) is 0. The lowest BCUT2D eigenvalue weighted by molar-refractivity contribution is -0.244. The molecule has 0 aromatic rings. The zero-order chi connectivity index (χ0) is 8.43. The Balaban J connectivity index is 2.48. The van der Waals surface area contributed by atoms with Crippen LogP contribution in [0.3, 0.4) is 0 Å². The van der Waals surface area contributed by atoms with Crippen LogP contribution in [0, 0.1) is 0 Å². The summed E-state index contributed by atoms with van der Waals surface area (Å²) >= 11 is 0. The quantitative estimate of drug-likeness (QED) is 0.545. The van der Waals surface area contributed by atoms with Crippen molar-refractivity contribution in [1.29, 1.82) is 0 Å². The lowest BCUT2D eigenvalue weighted by Crippen LogP contribution is -2.46. The van der Waals surface area contributed by atoms with E-state index in [0.29, 0.717) is 6.42 Å². The molecule has 2 N–H and O–H groups in total. The van der Waals surface area contributed by atoms with Crippen molar-refractivity contribution in [2.75, 3.05) is 7.11 Å². The third kappa shape index (κ3) is 1.90. The van der Waals surface area contributed by atoms with Crippen LogP contribution in [-0.2, 0) is 9.47 Å². The zero-order valence-corrected chi connectivity index (χ0v) is 6.73. The molecule has 4 nitrogen and oxygen atoms in total. The average molecular weight is 162 g/mol. The van der Waals surface area contributed by atoms with Crippen LogP contribution < -0.4 is 0 Å². The van der Waals surface area contributed by atoms with E-state index in [1.54, 1.807) is 7.11 Å². The SMILES string of the molecule is COC1CC(O)C(O)OC1C. The first kappa shape index (κ1) is 8.93. The van der Waals surface area contributed by atoms with Crippen molar-refractivity contribution in [2.24, 2.45) is 0 Å². The summed E-state index contributed by atoms with van der Waals surface area (Å²) in [5.74, 6) is 0. The van der Waals surface area contributed by atoms with Gasteiger partial charge >= 0.3 is 0 Å². The predicted molar refractivity (Wildman–Crippen MR) is 38.0 cm³/mol. The Kier molecular flexibility index (Phi) is 2.84. The van der Waals surface area contributed by atoms with Crippen molar-refractivity contribution < 1.29 is 19.7 Å². The van der Waals surface area contributed by atoms with Crippen LogP contribution in [-0.4, -0.2) is 41.9 Å². The average Bonchev–Trinajstić information content (AvgIpc) is 1.97. The van der Waals surface area contributed by atoms with Crippen LogP contribution in [0.25, 0.3) is 0 Å². The maximum atomic E-state index is 9.14. The fraction of sp³-hybridized carbons (Fsp3) is 1.00. The fourth-order valence-electron chi connectivity index (χ4n) is 1.23. The molecule has 4 heteroatoms. The predicted octanol–water partition coefficient (Wildman–Crippen LogP) is -0.510. The summed E-state index contributed by atoms with van der Waals surface area (Å²) in [5, 5.41) is 18.2. The minimum Gasteiger partial charge on any atom is -0.388 e. The molecule has 4 atom stereocenters. The number of aliphatic hydroxyl groups is 2. The molecule has 1 fully saturated rings. The van der Waals surface area contributed by atoms with E-state index < -0.39 is 12.4 Å². The molecule has 1 saturated heterocycles. The first-order valence-corrected chi connectivity index (χ1v) is 3.69. The van der Waals surface area contributed by atoms with Crippen molar-refractivity contribution in [2.45, 2.75) is 37.9 Å². The minimum atomic E-state index is -1.06. The minimum absolute atomic E-state index is 0.117. The van der Waals surface area contributed by atoms with Crippen molar-refractivity contribution in [3.8, 4) is 0 Å². The van der Waals surface area contributed by atoms with Crippen molar-refractivity contribution in [3.05, 3.63) is 0 Å². The van der Waals surface area contributed by atoms with Crippen molar-refractivity contribution >= 4 is 0 Å². The van der Waals surface area contributed by atoms with Gasteiger partial charge in [0.25, 0.3) is 0 Å². The van der Waals surface area contributed by atoms with Gasteiger partial charge in [-0.2, -0.15) is 0 Å². The van der Waals surface area contributed by atoms with Crippen molar-refractivity contribution in [1.82, 2.24) is 0 Å².